The molecule has 6 heteroatoms. The summed E-state index contributed by atoms with van der Waals surface area (Å²) in [5.41, 5.74) is 5.84. The van der Waals surface area contributed by atoms with Gasteiger partial charge in [-0.15, -0.1) is 0 Å². The van der Waals surface area contributed by atoms with Gasteiger partial charge in [-0.25, -0.2) is 0 Å². The van der Waals surface area contributed by atoms with Crippen LogP contribution < -0.4 is 20.3 Å². The second kappa shape index (κ2) is 7.50. The molecular formula is C18H18N2O4. The van der Waals surface area contributed by atoms with Crippen molar-refractivity contribution in [1.29, 1.82) is 0 Å². The molecule has 2 N–H and O–H groups in total. The molecule has 0 saturated carbocycles. The van der Waals surface area contributed by atoms with Crippen molar-refractivity contribution in [2.24, 2.45) is 0 Å². The van der Waals surface area contributed by atoms with Gasteiger partial charge in [0, 0.05) is 6.42 Å². The second-order valence-electron chi connectivity index (χ2n) is 5.39. The Balaban J connectivity index is 1.43. The summed E-state index contributed by atoms with van der Waals surface area (Å²) in [4.78, 5) is 23.9. The Labute approximate surface area is 139 Å². The van der Waals surface area contributed by atoms with Crippen LogP contribution in [0.1, 0.15) is 12.0 Å². The topological polar surface area (TPSA) is 76.7 Å². The summed E-state index contributed by atoms with van der Waals surface area (Å²) in [6.45, 7) is 0.0999. The van der Waals surface area contributed by atoms with E-state index in [1.807, 2.05) is 36.4 Å². The van der Waals surface area contributed by atoms with Crippen LogP contribution in [-0.2, 0) is 16.0 Å². The minimum atomic E-state index is -0.797. The van der Waals surface area contributed by atoms with E-state index in [-0.39, 0.29) is 18.9 Å². The predicted molar refractivity (Wildman–Crippen MR) is 87.4 cm³/mol. The molecule has 0 saturated heterocycles. The Morgan fingerprint density at radius 1 is 0.958 bits per heavy atom. The van der Waals surface area contributed by atoms with E-state index in [1.54, 1.807) is 18.2 Å². The van der Waals surface area contributed by atoms with Gasteiger partial charge in [-0.2, -0.15) is 0 Å². The lowest BCUT2D eigenvalue weighted by atomic mass is 10.1. The first-order chi connectivity index (χ1) is 11.7. The molecule has 0 aromatic heterocycles. The fourth-order valence-electron chi connectivity index (χ4n) is 2.33. The Hall–Kier alpha value is -3.02. The number of nitrogens with one attached hydrogen (secondary N) is 2. The second-order valence-corrected chi connectivity index (χ2v) is 5.39. The first kappa shape index (κ1) is 15.9. The molecule has 1 heterocycles. The number of carbonyl (C=O) groups excluding carboxylic acids is 2. The summed E-state index contributed by atoms with van der Waals surface area (Å²) >= 11 is 0. The Morgan fingerprint density at radius 3 is 2.46 bits per heavy atom. The van der Waals surface area contributed by atoms with E-state index in [0.717, 1.165) is 5.56 Å². The van der Waals surface area contributed by atoms with E-state index in [2.05, 4.69) is 10.9 Å². The van der Waals surface area contributed by atoms with Crippen molar-refractivity contribution in [2.45, 2.75) is 18.9 Å². The van der Waals surface area contributed by atoms with Crippen LogP contribution in [0.15, 0.2) is 54.6 Å². The number of fused-ring (bicyclic) bond motifs is 1. The van der Waals surface area contributed by atoms with Crippen molar-refractivity contribution in [3.05, 3.63) is 60.2 Å². The third kappa shape index (κ3) is 4.04. The Kier molecular flexibility index (Phi) is 4.96. The maximum absolute atomic E-state index is 12.1. The smallest absolute Gasteiger partial charge is 0.283 e. The lowest BCUT2D eigenvalue weighted by Gasteiger charge is -2.25. The normalized spacial score (nSPS) is 15.4. The fourth-order valence-corrected chi connectivity index (χ4v) is 2.33. The number of amides is 2. The molecule has 2 aromatic carbocycles. The van der Waals surface area contributed by atoms with Crippen LogP contribution in [0.4, 0.5) is 0 Å². The fraction of sp³-hybridized carbons (Fsp3) is 0.222. The molecule has 0 unspecified atom stereocenters. The molecule has 1 aliphatic rings. The van der Waals surface area contributed by atoms with E-state index >= 15 is 0 Å². The highest BCUT2D eigenvalue weighted by molar-refractivity contribution is 5.85. The zero-order chi connectivity index (χ0) is 16.8. The lowest BCUT2D eigenvalue weighted by molar-refractivity contribution is -0.135. The molecule has 24 heavy (non-hydrogen) atoms. The van der Waals surface area contributed by atoms with Gasteiger partial charge < -0.3 is 9.47 Å². The van der Waals surface area contributed by atoms with Crippen LogP contribution in [0.25, 0.3) is 0 Å². The Bertz CT molecular complexity index is 718. The first-order valence-electron chi connectivity index (χ1n) is 7.73. The maximum atomic E-state index is 12.1. The lowest BCUT2D eigenvalue weighted by Crippen LogP contribution is -2.50. The van der Waals surface area contributed by atoms with Gasteiger partial charge in [0.25, 0.3) is 5.91 Å². The van der Waals surface area contributed by atoms with E-state index < -0.39 is 12.0 Å². The zero-order valence-corrected chi connectivity index (χ0v) is 13.0. The minimum Gasteiger partial charge on any atom is -0.485 e. The quantitative estimate of drug-likeness (QED) is 0.837. The largest absolute Gasteiger partial charge is 0.485 e. The number of aryl methyl sites for hydroxylation is 1. The number of para-hydroxylation sites is 2. The van der Waals surface area contributed by atoms with Crippen molar-refractivity contribution < 1.29 is 19.1 Å². The molecule has 0 spiro atoms. The third-order valence-corrected chi connectivity index (χ3v) is 3.61. The van der Waals surface area contributed by atoms with E-state index in [0.29, 0.717) is 17.9 Å². The van der Waals surface area contributed by atoms with Gasteiger partial charge in [0.2, 0.25) is 12.0 Å². The molecule has 2 aromatic rings. The SMILES string of the molecule is O=C(CCc1ccccc1)NNC(=O)[C@@H]1COc2ccccc2O1. The van der Waals surface area contributed by atoms with Crippen LogP contribution in [0, 0.1) is 0 Å². The number of hydrazine groups is 1. The van der Waals surface area contributed by atoms with Crippen molar-refractivity contribution in [3.63, 3.8) is 0 Å². The molecular weight excluding hydrogens is 308 g/mol. The summed E-state index contributed by atoms with van der Waals surface area (Å²) in [5, 5.41) is 0. The molecule has 1 aliphatic heterocycles. The molecule has 124 valence electrons. The number of rotatable bonds is 4. The maximum Gasteiger partial charge on any atom is 0.283 e. The van der Waals surface area contributed by atoms with Gasteiger partial charge in [-0.1, -0.05) is 42.5 Å². The van der Waals surface area contributed by atoms with Crippen LogP contribution in [0.5, 0.6) is 11.5 Å². The van der Waals surface area contributed by atoms with E-state index in [4.69, 9.17) is 9.47 Å². The number of benzene rings is 2. The number of hydrogen-bond acceptors (Lipinski definition) is 4. The summed E-state index contributed by atoms with van der Waals surface area (Å²) in [7, 11) is 0. The number of hydrogen-bond donors (Lipinski definition) is 2. The predicted octanol–water partition coefficient (Wildman–Crippen LogP) is 1.61. The molecule has 1 atom stereocenters. The average Bonchev–Trinajstić information content (AvgIpc) is 2.65. The van der Waals surface area contributed by atoms with Crippen LogP contribution in [0.2, 0.25) is 0 Å². The van der Waals surface area contributed by atoms with Crippen LogP contribution in [0.3, 0.4) is 0 Å². The molecule has 0 bridgehead atoms. The summed E-state index contributed by atoms with van der Waals surface area (Å²) in [6, 6.07) is 16.8. The van der Waals surface area contributed by atoms with Crippen LogP contribution in [-0.4, -0.2) is 24.5 Å². The van der Waals surface area contributed by atoms with Crippen molar-refractivity contribution in [3.8, 4) is 11.5 Å². The summed E-state index contributed by atoms with van der Waals surface area (Å²) < 4.78 is 11.0. The van der Waals surface area contributed by atoms with Gasteiger partial charge in [-0.05, 0) is 24.1 Å². The highest BCUT2D eigenvalue weighted by atomic mass is 16.6. The first-order valence-corrected chi connectivity index (χ1v) is 7.73. The molecule has 6 nitrogen and oxygen atoms in total. The summed E-state index contributed by atoms with van der Waals surface area (Å²) in [5.74, 6) is 0.412. The van der Waals surface area contributed by atoms with Crippen molar-refractivity contribution >= 4 is 11.8 Å². The minimum absolute atomic E-state index is 0.0999. The highest BCUT2D eigenvalue weighted by Crippen LogP contribution is 2.30. The van der Waals surface area contributed by atoms with Crippen molar-refractivity contribution in [2.75, 3.05) is 6.61 Å². The third-order valence-electron chi connectivity index (χ3n) is 3.61. The molecule has 0 fully saturated rings. The zero-order valence-electron chi connectivity index (χ0n) is 13.0. The highest BCUT2D eigenvalue weighted by Gasteiger charge is 2.27. The number of carbonyl (C=O) groups is 2. The monoisotopic (exact) mass is 326 g/mol. The van der Waals surface area contributed by atoms with E-state index in [1.165, 1.54) is 0 Å². The average molecular weight is 326 g/mol. The standard InChI is InChI=1S/C18H18N2O4/c21-17(11-10-13-6-2-1-3-7-13)19-20-18(22)16-12-23-14-8-4-5-9-15(14)24-16/h1-9,16H,10-12H2,(H,19,21)(H,20,22)/t16-/m0/s1. The van der Waals surface area contributed by atoms with E-state index in [9.17, 15) is 9.59 Å². The molecule has 2 amide bonds. The van der Waals surface area contributed by atoms with Gasteiger partial charge >= 0.3 is 0 Å². The molecule has 3 rings (SSSR count). The molecule has 0 radical (unpaired) electrons. The van der Waals surface area contributed by atoms with Crippen molar-refractivity contribution in [1.82, 2.24) is 10.9 Å². The summed E-state index contributed by atoms with van der Waals surface area (Å²) in [6.07, 6.45) is 0.100. The van der Waals surface area contributed by atoms with Gasteiger partial charge in [0.15, 0.2) is 11.5 Å². The van der Waals surface area contributed by atoms with Gasteiger partial charge in [0.05, 0.1) is 0 Å². The Morgan fingerprint density at radius 2 is 1.67 bits per heavy atom. The van der Waals surface area contributed by atoms with Gasteiger partial charge in [0.1, 0.15) is 6.61 Å². The van der Waals surface area contributed by atoms with Gasteiger partial charge in [-0.3, -0.25) is 20.4 Å². The number of ether oxygens (including phenoxy) is 2. The van der Waals surface area contributed by atoms with Crippen LogP contribution >= 0.6 is 0 Å². The molecule has 0 aliphatic carbocycles.